The predicted octanol–water partition coefficient (Wildman–Crippen LogP) is 2.59. The molecule has 0 unspecified atom stereocenters. The van der Waals surface area contributed by atoms with Gasteiger partial charge in [-0.1, -0.05) is 60.7 Å². The molecule has 0 aliphatic carbocycles. The van der Waals surface area contributed by atoms with Crippen molar-refractivity contribution >= 4 is 17.9 Å². The lowest BCUT2D eigenvalue weighted by Gasteiger charge is -2.26. The van der Waals surface area contributed by atoms with Crippen LogP contribution in [0.3, 0.4) is 0 Å². The largest absolute Gasteiger partial charge is 0.445 e. The third-order valence-corrected chi connectivity index (χ3v) is 4.86. The van der Waals surface area contributed by atoms with Crippen LogP contribution in [0, 0.1) is 0 Å². The summed E-state index contributed by atoms with van der Waals surface area (Å²) in [6.07, 6.45) is 0.575. The highest BCUT2D eigenvalue weighted by Gasteiger charge is 2.25. The molecule has 0 heterocycles. The third kappa shape index (κ3) is 7.24. The van der Waals surface area contributed by atoms with Crippen molar-refractivity contribution in [1.82, 2.24) is 9.80 Å². The fourth-order valence-corrected chi connectivity index (χ4v) is 3.00. The number of ether oxygens (including phenoxy) is 1. The fourth-order valence-electron chi connectivity index (χ4n) is 3.00. The molecular formula is C23H29N3O4. The summed E-state index contributed by atoms with van der Waals surface area (Å²) < 4.78 is 5.26. The van der Waals surface area contributed by atoms with Gasteiger partial charge in [0.05, 0.1) is 0 Å². The number of primary amides is 1. The van der Waals surface area contributed by atoms with Gasteiger partial charge in [-0.2, -0.15) is 0 Å². The Bertz CT molecular complexity index is 827. The minimum absolute atomic E-state index is 0.194. The second kappa shape index (κ2) is 11.6. The molecule has 0 aliphatic heterocycles. The number of likely N-dealkylation sites (N-methyl/N-ethyl adjacent to an activating group) is 1. The van der Waals surface area contributed by atoms with E-state index in [-0.39, 0.29) is 18.9 Å². The molecule has 7 heteroatoms. The Morgan fingerprint density at radius 1 is 0.933 bits per heavy atom. The zero-order valence-electron chi connectivity index (χ0n) is 17.5. The standard InChI is InChI=1S/C23H29N3O4/c1-25(23(29)30-17-19-12-7-4-8-13-19)15-9-14-21(27)26(2)20(22(24)28)16-18-10-5-3-6-11-18/h3-8,10-13,20H,9,14-17H2,1-2H3,(H2,24,28)/t20-/m0/s1. The summed E-state index contributed by atoms with van der Waals surface area (Å²) in [7, 11) is 3.21. The van der Waals surface area contributed by atoms with Crippen molar-refractivity contribution in [2.75, 3.05) is 20.6 Å². The number of hydrogen-bond donors (Lipinski definition) is 1. The maximum absolute atomic E-state index is 12.5. The molecule has 1 atom stereocenters. The maximum Gasteiger partial charge on any atom is 0.409 e. The Kier molecular flexibility index (Phi) is 8.87. The number of carbonyl (C=O) groups excluding carboxylic acids is 3. The molecule has 3 amide bonds. The highest BCUT2D eigenvalue weighted by atomic mass is 16.6. The molecule has 0 saturated carbocycles. The first-order valence-electron chi connectivity index (χ1n) is 9.89. The summed E-state index contributed by atoms with van der Waals surface area (Å²) >= 11 is 0. The van der Waals surface area contributed by atoms with E-state index in [9.17, 15) is 14.4 Å². The molecule has 0 fully saturated rings. The molecule has 2 aromatic rings. The van der Waals surface area contributed by atoms with Crippen LogP contribution >= 0.6 is 0 Å². The van der Waals surface area contributed by atoms with Crippen molar-refractivity contribution in [2.24, 2.45) is 5.73 Å². The first-order valence-corrected chi connectivity index (χ1v) is 9.89. The van der Waals surface area contributed by atoms with Crippen LogP contribution in [0.2, 0.25) is 0 Å². The minimum Gasteiger partial charge on any atom is -0.445 e. The van der Waals surface area contributed by atoms with Gasteiger partial charge in [0.15, 0.2) is 0 Å². The molecule has 0 aliphatic rings. The molecule has 7 nitrogen and oxygen atoms in total. The number of nitrogens with zero attached hydrogens (tertiary/aromatic N) is 2. The van der Waals surface area contributed by atoms with Crippen LogP contribution in [0.1, 0.15) is 24.0 Å². The van der Waals surface area contributed by atoms with Gasteiger partial charge in [-0.25, -0.2) is 4.79 Å². The number of rotatable bonds is 10. The Hall–Kier alpha value is -3.35. The van der Waals surface area contributed by atoms with Gasteiger partial charge in [0.2, 0.25) is 11.8 Å². The highest BCUT2D eigenvalue weighted by molar-refractivity contribution is 5.86. The van der Waals surface area contributed by atoms with E-state index < -0.39 is 18.0 Å². The van der Waals surface area contributed by atoms with E-state index in [1.54, 1.807) is 14.1 Å². The average molecular weight is 412 g/mol. The number of benzene rings is 2. The van der Waals surface area contributed by atoms with Crippen LogP contribution in [0.15, 0.2) is 60.7 Å². The molecule has 2 rings (SSSR count). The van der Waals surface area contributed by atoms with Gasteiger partial charge in [-0.15, -0.1) is 0 Å². The molecule has 160 valence electrons. The molecule has 30 heavy (non-hydrogen) atoms. The normalized spacial score (nSPS) is 11.4. The van der Waals surface area contributed by atoms with Crippen molar-refractivity contribution < 1.29 is 19.1 Å². The van der Waals surface area contributed by atoms with Crippen LogP contribution in [0.5, 0.6) is 0 Å². The van der Waals surface area contributed by atoms with Gasteiger partial charge in [0, 0.05) is 33.5 Å². The first kappa shape index (κ1) is 22.9. The molecule has 2 aromatic carbocycles. The van der Waals surface area contributed by atoms with Crippen molar-refractivity contribution in [2.45, 2.75) is 31.9 Å². The molecule has 0 bridgehead atoms. The van der Waals surface area contributed by atoms with Crippen molar-refractivity contribution in [3.63, 3.8) is 0 Å². The van der Waals surface area contributed by atoms with Gasteiger partial charge >= 0.3 is 6.09 Å². The molecule has 0 spiro atoms. The molecule has 0 radical (unpaired) electrons. The lowest BCUT2D eigenvalue weighted by molar-refractivity contribution is -0.137. The summed E-state index contributed by atoms with van der Waals surface area (Å²) in [5.74, 6) is -0.739. The highest BCUT2D eigenvalue weighted by Crippen LogP contribution is 2.10. The van der Waals surface area contributed by atoms with Gasteiger partial charge < -0.3 is 20.3 Å². The number of amides is 3. The summed E-state index contributed by atoms with van der Waals surface area (Å²) in [4.78, 5) is 39.3. The zero-order valence-corrected chi connectivity index (χ0v) is 17.5. The van der Waals surface area contributed by atoms with E-state index in [4.69, 9.17) is 10.5 Å². The number of carbonyl (C=O) groups is 3. The molecular weight excluding hydrogens is 382 g/mol. The van der Waals surface area contributed by atoms with Gasteiger partial charge in [-0.3, -0.25) is 9.59 Å². The van der Waals surface area contributed by atoms with E-state index in [0.29, 0.717) is 19.4 Å². The van der Waals surface area contributed by atoms with E-state index in [0.717, 1.165) is 11.1 Å². The van der Waals surface area contributed by atoms with E-state index in [1.165, 1.54) is 9.80 Å². The Morgan fingerprint density at radius 3 is 2.07 bits per heavy atom. The van der Waals surface area contributed by atoms with E-state index in [2.05, 4.69) is 0 Å². The first-order chi connectivity index (χ1) is 14.4. The lowest BCUT2D eigenvalue weighted by Crippen LogP contribution is -2.47. The minimum atomic E-state index is -0.714. The summed E-state index contributed by atoms with van der Waals surface area (Å²) in [6.45, 7) is 0.568. The molecule has 0 saturated heterocycles. The summed E-state index contributed by atoms with van der Waals surface area (Å²) in [5, 5.41) is 0. The van der Waals surface area contributed by atoms with E-state index in [1.807, 2.05) is 60.7 Å². The van der Waals surface area contributed by atoms with Crippen LogP contribution in [-0.4, -0.2) is 54.4 Å². The number of nitrogens with two attached hydrogens (primary N) is 1. The van der Waals surface area contributed by atoms with Gasteiger partial charge in [0.1, 0.15) is 12.6 Å². The quantitative estimate of drug-likeness (QED) is 0.650. The third-order valence-electron chi connectivity index (χ3n) is 4.86. The zero-order chi connectivity index (χ0) is 21.9. The second-order valence-corrected chi connectivity index (χ2v) is 7.18. The van der Waals surface area contributed by atoms with Crippen LogP contribution in [0.4, 0.5) is 4.79 Å². The second-order valence-electron chi connectivity index (χ2n) is 7.18. The topological polar surface area (TPSA) is 92.9 Å². The van der Waals surface area contributed by atoms with Crippen molar-refractivity contribution in [3.8, 4) is 0 Å². The maximum atomic E-state index is 12.5. The fraction of sp³-hybridized carbons (Fsp3) is 0.348. The van der Waals surface area contributed by atoms with Crippen LogP contribution < -0.4 is 5.73 Å². The van der Waals surface area contributed by atoms with Crippen LogP contribution in [0.25, 0.3) is 0 Å². The average Bonchev–Trinajstić information content (AvgIpc) is 2.76. The number of hydrogen-bond acceptors (Lipinski definition) is 4. The van der Waals surface area contributed by atoms with Crippen molar-refractivity contribution in [3.05, 3.63) is 71.8 Å². The van der Waals surface area contributed by atoms with Crippen molar-refractivity contribution in [1.29, 1.82) is 0 Å². The monoisotopic (exact) mass is 411 g/mol. The lowest BCUT2D eigenvalue weighted by atomic mass is 10.0. The molecule has 2 N–H and O–H groups in total. The van der Waals surface area contributed by atoms with Gasteiger partial charge in [-0.05, 0) is 17.5 Å². The Morgan fingerprint density at radius 2 is 1.50 bits per heavy atom. The molecule has 0 aromatic heterocycles. The summed E-state index contributed by atoms with van der Waals surface area (Å²) in [5.41, 5.74) is 7.36. The Labute approximate surface area is 177 Å². The summed E-state index contributed by atoms with van der Waals surface area (Å²) in [6, 6.07) is 18.1. The Balaban J connectivity index is 1.77. The SMILES string of the molecule is CN(CCCC(=O)N(C)[C@@H](Cc1ccccc1)C(N)=O)C(=O)OCc1ccccc1. The predicted molar refractivity (Wildman–Crippen MR) is 114 cm³/mol. The smallest absolute Gasteiger partial charge is 0.409 e. The van der Waals surface area contributed by atoms with E-state index >= 15 is 0 Å². The van der Waals surface area contributed by atoms with Gasteiger partial charge in [0.25, 0.3) is 0 Å². The van der Waals surface area contributed by atoms with Crippen LogP contribution in [-0.2, 0) is 27.4 Å².